The van der Waals surface area contributed by atoms with Crippen LogP contribution in [0, 0.1) is 5.82 Å². The van der Waals surface area contributed by atoms with Crippen molar-refractivity contribution in [2.75, 3.05) is 61.7 Å². The summed E-state index contributed by atoms with van der Waals surface area (Å²) in [6.07, 6.45) is 0. The molecule has 1 saturated heterocycles. The molecule has 0 aliphatic carbocycles. The van der Waals surface area contributed by atoms with Crippen molar-refractivity contribution in [3.63, 3.8) is 0 Å². The number of anilines is 2. The molecule has 1 N–H and O–H groups in total. The second kappa shape index (κ2) is 7.60. The summed E-state index contributed by atoms with van der Waals surface area (Å²) in [6.45, 7) is 5.84. The van der Waals surface area contributed by atoms with Crippen molar-refractivity contribution in [3.8, 4) is 17.2 Å². The SMILES string of the molecule is Fc1cc(N2CCNCC2)c2c(c1)N(Sc1ccc3c(c1)OCCO3)CCO2. The van der Waals surface area contributed by atoms with Gasteiger partial charge in [-0.25, -0.2) is 4.39 Å². The molecule has 2 aromatic carbocycles. The average molecular weight is 403 g/mol. The predicted octanol–water partition coefficient (Wildman–Crippen LogP) is 2.91. The van der Waals surface area contributed by atoms with E-state index in [2.05, 4.69) is 14.5 Å². The first kappa shape index (κ1) is 17.8. The predicted molar refractivity (Wildman–Crippen MR) is 108 cm³/mol. The van der Waals surface area contributed by atoms with Gasteiger partial charge in [-0.1, -0.05) is 0 Å². The molecule has 6 nitrogen and oxygen atoms in total. The number of nitrogens with zero attached hydrogens (tertiary/aromatic N) is 2. The molecule has 0 amide bonds. The molecule has 0 bridgehead atoms. The second-order valence-corrected chi connectivity index (χ2v) is 7.95. The first-order chi connectivity index (χ1) is 13.8. The molecule has 2 aromatic rings. The lowest BCUT2D eigenvalue weighted by molar-refractivity contribution is 0.171. The van der Waals surface area contributed by atoms with Crippen molar-refractivity contribution in [2.45, 2.75) is 4.90 Å². The third-order valence-electron chi connectivity index (χ3n) is 5.01. The number of ether oxygens (including phenoxy) is 3. The van der Waals surface area contributed by atoms with Crippen LogP contribution in [0.1, 0.15) is 0 Å². The molecule has 0 saturated carbocycles. The fourth-order valence-corrected chi connectivity index (χ4v) is 4.64. The fourth-order valence-electron chi connectivity index (χ4n) is 3.69. The van der Waals surface area contributed by atoms with Crippen molar-refractivity contribution < 1.29 is 18.6 Å². The van der Waals surface area contributed by atoms with Crippen LogP contribution in [0.25, 0.3) is 0 Å². The molecule has 3 aliphatic heterocycles. The van der Waals surface area contributed by atoms with Gasteiger partial charge in [0.2, 0.25) is 0 Å². The largest absolute Gasteiger partial charge is 0.487 e. The second-order valence-electron chi connectivity index (χ2n) is 6.86. The van der Waals surface area contributed by atoms with E-state index in [1.54, 1.807) is 24.1 Å². The molecule has 3 heterocycles. The lowest BCUT2D eigenvalue weighted by Crippen LogP contribution is -2.44. The quantitative estimate of drug-likeness (QED) is 0.791. The van der Waals surface area contributed by atoms with Gasteiger partial charge in [-0.15, -0.1) is 0 Å². The number of benzene rings is 2. The van der Waals surface area contributed by atoms with Crippen molar-refractivity contribution >= 4 is 23.3 Å². The van der Waals surface area contributed by atoms with Gasteiger partial charge in [0.05, 0.1) is 17.9 Å². The van der Waals surface area contributed by atoms with Crippen LogP contribution in [0.2, 0.25) is 0 Å². The minimum absolute atomic E-state index is 0.245. The first-order valence-electron chi connectivity index (χ1n) is 9.55. The molecule has 28 heavy (non-hydrogen) atoms. The summed E-state index contributed by atoms with van der Waals surface area (Å²) >= 11 is 1.56. The van der Waals surface area contributed by atoms with Crippen LogP contribution in [0.4, 0.5) is 15.8 Å². The number of fused-ring (bicyclic) bond motifs is 2. The third kappa shape index (κ3) is 3.42. The van der Waals surface area contributed by atoms with Crippen molar-refractivity contribution in [1.82, 2.24) is 5.32 Å². The maximum atomic E-state index is 14.5. The Labute approximate surface area is 167 Å². The Balaban J connectivity index is 1.45. The first-order valence-corrected chi connectivity index (χ1v) is 10.3. The zero-order valence-electron chi connectivity index (χ0n) is 15.4. The van der Waals surface area contributed by atoms with Gasteiger partial charge in [0.1, 0.15) is 25.6 Å². The Morgan fingerprint density at radius 3 is 2.50 bits per heavy atom. The zero-order valence-corrected chi connectivity index (χ0v) is 16.3. The van der Waals surface area contributed by atoms with Gasteiger partial charge in [-0.2, -0.15) is 0 Å². The molecule has 148 valence electrons. The van der Waals surface area contributed by atoms with E-state index >= 15 is 0 Å². The summed E-state index contributed by atoms with van der Waals surface area (Å²) in [7, 11) is 0. The number of piperazine rings is 1. The van der Waals surface area contributed by atoms with E-state index in [0.717, 1.165) is 59.7 Å². The fraction of sp³-hybridized carbons (Fsp3) is 0.400. The number of halogens is 1. The number of hydrogen-bond donors (Lipinski definition) is 1. The molecule has 0 aromatic heterocycles. The summed E-state index contributed by atoms with van der Waals surface area (Å²) in [5.41, 5.74) is 1.61. The van der Waals surface area contributed by atoms with E-state index in [1.807, 2.05) is 18.2 Å². The van der Waals surface area contributed by atoms with E-state index < -0.39 is 0 Å². The maximum Gasteiger partial charge on any atom is 0.167 e. The number of rotatable bonds is 3. The Hall–Kier alpha value is -2.32. The van der Waals surface area contributed by atoms with E-state index in [1.165, 1.54) is 0 Å². The summed E-state index contributed by atoms with van der Waals surface area (Å²) < 4.78 is 33.8. The number of nitrogens with one attached hydrogen (secondary N) is 1. The van der Waals surface area contributed by atoms with Crippen molar-refractivity contribution in [1.29, 1.82) is 0 Å². The van der Waals surface area contributed by atoms with Crippen LogP contribution in [0.3, 0.4) is 0 Å². The Kier molecular flexibility index (Phi) is 4.82. The molecule has 0 atom stereocenters. The molecule has 0 spiro atoms. The highest BCUT2D eigenvalue weighted by molar-refractivity contribution is 8.00. The lowest BCUT2D eigenvalue weighted by atomic mass is 10.2. The van der Waals surface area contributed by atoms with Gasteiger partial charge < -0.3 is 28.7 Å². The van der Waals surface area contributed by atoms with Crippen LogP contribution < -0.4 is 28.7 Å². The topological polar surface area (TPSA) is 46.2 Å². The number of hydrogen-bond acceptors (Lipinski definition) is 7. The van der Waals surface area contributed by atoms with Gasteiger partial charge in [-0.05, 0) is 30.1 Å². The van der Waals surface area contributed by atoms with Gasteiger partial charge in [-0.3, -0.25) is 0 Å². The van der Waals surface area contributed by atoms with Gasteiger partial charge in [0.15, 0.2) is 17.2 Å². The van der Waals surface area contributed by atoms with Gasteiger partial charge in [0.25, 0.3) is 0 Å². The highest BCUT2D eigenvalue weighted by Crippen LogP contribution is 2.45. The van der Waals surface area contributed by atoms with E-state index in [9.17, 15) is 4.39 Å². The van der Waals surface area contributed by atoms with Crippen LogP contribution in [0.15, 0.2) is 35.2 Å². The normalized spacial score (nSPS) is 18.5. The highest BCUT2D eigenvalue weighted by Gasteiger charge is 2.27. The minimum atomic E-state index is -0.245. The molecule has 5 rings (SSSR count). The summed E-state index contributed by atoms with van der Waals surface area (Å²) in [5.74, 6) is 2.04. The highest BCUT2D eigenvalue weighted by atomic mass is 32.2. The summed E-state index contributed by atoms with van der Waals surface area (Å²) in [4.78, 5) is 3.21. The van der Waals surface area contributed by atoms with Gasteiger partial charge >= 0.3 is 0 Å². The molecule has 0 unspecified atom stereocenters. The molecule has 3 aliphatic rings. The Morgan fingerprint density at radius 2 is 1.64 bits per heavy atom. The summed E-state index contributed by atoms with van der Waals surface area (Å²) in [5, 5.41) is 3.33. The molecular formula is C20H22FN3O3S. The maximum absolute atomic E-state index is 14.5. The van der Waals surface area contributed by atoms with E-state index in [0.29, 0.717) is 26.4 Å². The Bertz CT molecular complexity index is 876. The molecule has 8 heteroatoms. The van der Waals surface area contributed by atoms with Crippen LogP contribution in [0.5, 0.6) is 17.2 Å². The molecular weight excluding hydrogens is 381 g/mol. The van der Waals surface area contributed by atoms with Crippen LogP contribution >= 0.6 is 11.9 Å². The van der Waals surface area contributed by atoms with Gasteiger partial charge in [0, 0.05) is 43.2 Å². The van der Waals surface area contributed by atoms with E-state index in [-0.39, 0.29) is 5.82 Å². The minimum Gasteiger partial charge on any atom is -0.487 e. The smallest absolute Gasteiger partial charge is 0.167 e. The Morgan fingerprint density at radius 1 is 0.857 bits per heavy atom. The molecule has 0 radical (unpaired) electrons. The standard InChI is InChI=1S/C20H22FN3O3S/c21-14-11-16(23-5-3-22-4-6-23)20-17(12-14)24(7-8-27-20)28-15-1-2-18-19(13-15)26-10-9-25-18/h1-2,11-13,22H,3-10H2. The monoisotopic (exact) mass is 403 g/mol. The molecule has 1 fully saturated rings. The van der Waals surface area contributed by atoms with Crippen molar-refractivity contribution in [2.24, 2.45) is 0 Å². The zero-order chi connectivity index (χ0) is 18.9. The van der Waals surface area contributed by atoms with E-state index in [4.69, 9.17) is 14.2 Å². The lowest BCUT2D eigenvalue weighted by Gasteiger charge is -2.36. The van der Waals surface area contributed by atoms with Crippen molar-refractivity contribution in [3.05, 3.63) is 36.1 Å². The van der Waals surface area contributed by atoms with Crippen LogP contribution in [-0.4, -0.2) is 52.5 Å². The summed E-state index contributed by atoms with van der Waals surface area (Å²) in [6, 6.07) is 9.05. The van der Waals surface area contributed by atoms with Crippen LogP contribution in [-0.2, 0) is 0 Å². The average Bonchev–Trinajstić information content (AvgIpc) is 2.74. The third-order valence-corrected chi connectivity index (χ3v) is 6.08.